The van der Waals surface area contributed by atoms with Crippen LogP contribution in [0.1, 0.15) is 44.1 Å². The van der Waals surface area contributed by atoms with Crippen molar-refractivity contribution in [3.63, 3.8) is 0 Å². The molecular weight excluding hydrogens is 350 g/mol. The Labute approximate surface area is 156 Å². The summed E-state index contributed by atoms with van der Waals surface area (Å²) in [4.78, 5) is 16.6. The van der Waals surface area contributed by atoms with Gasteiger partial charge >= 0.3 is 6.09 Å². The molecule has 1 aromatic carbocycles. The second-order valence-electron chi connectivity index (χ2n) is 6.68. The van der Waals surface area contributed by atoms with Crippen molar-refractivity contribution in [1.29, 1.82) is 0 Å². The predicted octanol–water partition coefficient (Wildman–Crippen LogP) is 5.41. The first-order valence-corrected chi connectivity index (χ1v) is 9.36. The van der Waals surface area contributed by atoms with Crippen LogP contribution in [0, 0.1) is 0 Å². The van der Waals surface area contributed by atoms with E-state index in [-0.39, 0.29) is 0 Å². The normalized spacial score (nSPS) is 13.9. The Morgan fingerprint density at radius 1 is 1.31 bits per heavy atom. The lowest BCUT2D eigenvalue weighted by Gasteiger charge is -2.07. The fourth-order valence-electron chi connectivity index (χ4n) is 3.02. The van der Waals surface area contributed by atoms with Crippen LogP contribution in [0.2, 0.25) is 5.15 Å². The summed E-state index contributed by atoms with van der Waals surface area (Å²) < 4.78 is 6.55. The van der Waals surface area contributed by atoms with E-state index in [9.17, 15) is 4.79 Å². The average molecular weight is 370 g/mol. The van der Waals surface area contributed by atoms with Crippen LogP contribution in [0.15, 0.2) is 36.5 Å². The molecule has 1 fully saturated rings. The molecule has 0 bridgehead atoms. The maximum Gasteiger partial charge on any atom is 0.435 e. The SMILES string of the molecule is CCCCOC(=O)n1ncc2cc(-c3cc(C4CC4)cc(Cl)n3)ccc21. The molecule has 134 valence electrons. The zero-order chi connectivity index (χ0) is 18.1. The topological polar surface area (TPSA) is 57.0 Å². The third kappa shape index (κ3) is 3.44. The predicted molar refractivity (Wildman–Crippen MR) is 102 cm³/mol. The number of pyridine rings is 1. The van der Waals surface area contributed by atoms with Gasteiger partial charge in [-0.25, -0.2) is 9.78 Å². The summed E-state index contributed by atoms with van der Waals surface area (Å²) in [6.45, 7) is 2.46. The zero-order valence-corrected chi connectivity index (χ0v) is 15.4. The minimum absolute atomic E-state index is 0.408. The van der Waals surface area contributed by atoms with Gasteiger partial charge in [0.2, 0.25) is 0 Å². The number of hydrogen-bond donors (Lipinski definition) is 0. The van der Waals surface area contributed by atoms with Crippen molar-refractivity contribution in [3.05, 3.63) is 47.2 Å². The number of hydrogen-bond acceptors (Lipinski definition) is 4. The Hall–Kier alpha value is -2.40. The second kappa shape index (κ2) is 7.08. The quantitative estimate of drug-likeness (QED) is 0.445. The highest BCUT2D eigenvalue weighted by Gasteiger charge is 2.24. The summed E-state index contributed by atoms with van der Waals surface area (Å²) in [5, 5.41) is 5.56. The average Bonchev–Trinajstić information content (AvgIpc) is 3.40. The van der Waals surface area contributed by atoms with E-state index in [0.717, 1.165) is 35.0 Å². The van der Waals surface area contributed by atoms with E-state index in [2.05, 4.69) is 23.1 Å². The number of halogens is 1. The lowest BCUT2D eigenvalue weighted by molar-refractivity contribution is 0.144. The largest absolute Gasteiger partial charge is 0.448 e. The van der Waals surface area contributed by atoms with Gasteiger partial charge in [-0.3, -0.25) is 0 Å². The molecule has 0 N–H and O–H groups in total. The Bertz CT molecular complexity index is 963. The molecule has 0 aliphatic heterocycles. The molecule has 0 saturated heterocycles. The van der Waals surface area contributed by atoms with Gasteiger partial charge in [0, 0.05) is 10.9 Å². The van der Waals surface area contributed by atoms with Crippen LogP contribution in [0.4, 0.5) is 4.79 Å². The van der Waals surface area contributed by atoms with E-state index < -0.39 is 6.09 Å². The van der Waals surface area contributed by atoms with E-state index >= 15 is 0 Å². The fraction of sp³-hybridized carbons (Fsp3) is 0.350. The first-order chi connectivity index (χ1) is 12.7. The minimum Gasteiger partial charge on any atom is -0.448 e. The molecule has 0 spiro atoms. The standard InChI is InChI=1S/C20H20ClN3O2/c1-2-3-8-26-20(25)24-18-7-6-14(9-16(18)12-22-24)17-10-15(13-4-5-13)11-19(21)23-17/h6-7,9-13H,2-5,8H2,1H3. The molecule has 4 rings (SSSR count). The Kier molecular flexibility index (Phi) is 4.64. The number of carbonyl (C=O) groups is 1. The molecule has 0 radical (unpaired) electrons. The molecule has 3 aromatic rings. The van der Waals surface area contributed by atoms with Crippen LogP contribution in [0.3, 0.4) is 0 Å². The number of fused-ring (bicyclic) bond motifs is 1. The second-order valence-corrected chi connectivity index (χ2v) is 7.07. The lowest BCUT2D eigenvalue weighted by Crippen LogP contribution is -2.15. The number of carbonyl (C=O) groups excluding carboxylic acids is 1. The summed E-state index contributed by atoms with van der Waals surface area (Å²) in [7, 11) is 0. The monoisotopic (exact) mass is 369 g/mol. The smallest absolute Gasteiger partial charge is 0.435 e. The molecule has 0 amide bonds. The fourth-order valence-corrected chi connectivity index (χ4v) is 3.24. The Balaban J connectivity index is 1.64. The summed E-state index contributed by atoms with van der Waals surface area (Å²) in [5.74, 6) is 0.610. The molecule has 0 unspecified atom stereocenters. The van der Waals surface area contributed by atoms with Crippen LogP contribution < -0.4 is 0 Å². The maximum absolute atomic E-state index is 12.2. The minimum atomic E-state index is -0.446. The third-order valence-electron chi connectivity index (χ3n) is 4.63. The molecule has 5 nitrogen and oxygen atoms in total. The van der Waals surface area contributed by atoms with Crippen molar-refractivity contribution >= 4 is 28.6 Å². The van der Waals surface area contributed by atoms with Gasteiger partial charge in [-0.2, -0.15) is 9.78 Å². The van der Waals surface area contributed by atoms with Crippen LogP contribution in [0.5, 0.6) is 0 Å². The number of unbranched alkanes of at least 4 members (excludes halogenated alkanes) is 1. The third-order valence-corrected chi connectivity index (χ3v) is 4.82. The molecule has 0 atom stereocenters. The van der Waals surface area contributed by atoms with Crippen molar-refractivity contribution in [2.75, 3.05) is 6.61 Å². The van der Waals surface area contributed by atoms with Crippen LogP contribution in [-0.2, 0) is 4.74 Å². The van der Waals surface area contributed by atoms with Gasteiger partial charge in [0.05, 0.1) is 24.0 Å². The first kappa shape index (κ1) is 17.0. The molecule has 26 heavy (non-hydrogen) atoms. The van der Waals surface area contributed by atoms with Crippen molar-refractivity contribution in [1.82, 2.24) is 14.8 Å². The summed E-state index contributed by atoms with van der Waals surface area (Å²) >= 11 is 6.21. The molecule has 2 heterocycles. The van der Waals surface area contributed by atoms with E-state index in [0.29, 0.717) is 17.7 Å². The van der Waals surface area contributed by atoms with E-state index in [1.54, 1.807) is 6.20 Å². The number of benzene rings is 1. The van der Waals surface area contributed by atoms with Gasteiger partial charge in [-0.05, 0) is 55.0 Å². The highest BCUT2D eigenvalue weighted by Crippen LogP contribution is 2.41. The van der Waals surface area contributed by atoms with Crippen molar-refractivity contribution in [2.45, 2.75) is 38.5 Å². The molecule has 1 aliphatic rings. The summed E-state index contributed by atoms with van der Waals surface area (Å²) in [5.41, 5.74) is 3.77. The number of nitrogens with zero attached hydrogens (tertiary/aromatic N) is 3. The van der Waals surface area contributed by atoms with Gasteiger partial charge in [0.25, 0.3) is 0 Å². The summed E-state index contributed by atoms with van der Waals surface area (Å²) in [6, 6.07) is 9.85. The van der Waals surface area contributed by atoms with E-state index in [4.69, 9.17) is 16.3 Å². The van der Waals surface area contributed by atoms with Gasteiger partial charge < -0.3 is 4.74 Å². The van der Waals surface area contributed by atoms with Gasteiger partial charge in [-0.15, -0.1) is 0 Å². The maximum atomic E-state index is 12.2. The van der Waals surface area contributed by atoms with Crippen molar-refractivity contribution < 1.29 is 9.53 Å². The number of aromatic nitrogens is 3. The summed E-state index contributed by atoms with van der Waals surface area (Å²) in [6.07, 6.45) is 5.48. The van der Waals surface area contributed by atoms with E-state index in [1.807, 2.05) is 24.3 Å². The highest BCUT2D eigenvalue weighted by atomic mass is 35.5. The Morgan fingerprint density at radius 3 is 2.92 bits per heavy atom. The molecule has 6 heteroatoms. The molecule has 2 aromatic heterocycles. The van der Waals surface area contributed by atoms with E-state index in [1.165, 1.54) is 23.1 Å². The Morgan fingerprint density at radius 2 is 2.15 bits per heavy atom. The van der Waals surface area contributed by atoms with Crippen LogP contribution in [-0.4, -0.2) is 27.5 Å². The van der Waals surface area contributed by atoms with Crippen molar-refractivity contribution in [2.24, 2.45) is 0 Å². The molecular formula is C20H20ClN3O2. The number of rotatable bonds is 5. The highest BCUT2D eigenvalue weighted by molar-refractivity contribution is 6.29. The zero-order valence-electron chi connectivity index (χ0n) is 14.6. The first-order valence-electron chi connectivity index (χ1n) is 8.98. The van der Waals surface area contributed by atoms with Crippen molar-refractivity contribution in [3.8, 4) is 11.3 Å². The number of ether oxygens (including phenoxy) is 1. The van der Waals surface area contributed by atoms with Gasteiger partial charge in [-0.1, -0.05) is 31.0 Å². The molecule has 1 aliphatic carbocycles. The molecule has 1 saturated carbocycles. The lowest BCUT2D eigenvalue weighted by atomic mass is 10.1. The van der Waals surface area contributed by atoms with Gasteiger partial charge in [0.1, 0.15) is 5.15 Å². The van der Waals surface area contributed by atoms with Crippen LogP contribution in [0.25, 0.3) is 22.2 Å². The van der Waals surface area contributed by atoms with Crippen LogP contribution >= 0.6 is 11.6 Å². The van der Waals surface area contributed by atoms with Gasteiger partial charge in [0.15, 0.2) is 0 Å².